The molecular weight excluding hydrogens is 332 g/mol. The van der Waals surface area contributed by atoms with Gasteiger partial charge < -0.3 is 5.32 Å². The standard InChI is InChI=1S/C20H20N2O2S/c1-13(25-16-10-9-14-5-4-6-15(14)11-16)20(24)22-12-19(23)21-17-7-2-3-8-18(17)22/h2-3,7-11,13H,4-6,12H2,1H3,(H,21,23)/t13-/m1/s1. The summed E-state index contributed by atoms with van der Waals surface area (Å²) in [7, 11) is 0. The van der Waals surface area contributed by atoms with Gasteiger partial charge in [-0.25, -0.2) is 0 Å². The summed E-state index contributed by atoms with van der Waals surface area (Å²) in [6, 6.07) is 13.9. The molecule has 128 valence electrons. The Morgan fingerprint density at radius 2 is 1.96 bits per heavy atom. The second kappa shape index (κ2) is 6.56. The second-order valence-corrected chi connectivity index (χ2v) is 7.95. The Balaban J connectivity index is 1.53. The van der Waals surface area contributed by atoms with Crippen molar-refractivity contribution in [2.45, 2.75) is 36.3 Å². The first kappa shape index (κ1) is 16.2. The number of amides is 2. The number of anilines is 2. The molecule has 2 aromatic carbocycles. The van der Waals surface area contributed by atoms with Gasteiger partial charge in [-0.1, -0.05) is 18.2 Å². The largest absolute Gasteiger partial charge is 0.323 e. The zero-order valence-corrected chi connectivity index (χ0v) is 14.9. The van der Waals surface area contributed by atoms with Crippen molar-refractivity contribution in [3.63, 3.8) is 0 Å². The number of carbonyl (C=O) groups is 2. The quantitative estimate of drug-likeness (QED) is 0.858. The number of fused-ring (bicyclic) bond motifs is 2. The van der Waals surface area contributed by atoms with E-state index in [-0.39, 0.29) is 23.6 Å². The Morgan fingerprint density at radius 3 is 2.84 bits per heavy atom. The first-order valence-corrected chi connectivity index (χ1v) is 9.48. The van der Waals surface area contributed by atoms with Gasteiger partial charge in [-0.15, -0.1) is 11.8 Å². The lowest BCUT2D eigenvalue weighted by atomic mass is 10.1. The number of para-hydroxylation sites is 2. The van der Waals surface area contributed by atoms with Crippen molar-refractivity contribution in [1.29, 1.82) is 0 Å². The van der Waals surface area contributed by atoms with Gasteiger partial charge in [-0.05, 0) is 61.6 Å². The predicted molar refractivity (Wildman–Crippen MR) is 101 cm³/mol. The van der Waals surface area contributed by atoms with Crippen LogP contribution >= 0.6 is 11.8 Å². The van der Waals surface area contributed by atoms with Gasteiger partial charge in [0.25, 0.3) is 0 Å². The number of nitrogens with zero attached hydrogens (tertiary/aromatic N) is 1. The topological polar surface area (TPSA) is 49.4 Å². The molecule has 2 amide bonds. The van der Waals surface area contributed by atoms with Crippen molar-refractivity contribution in [3.05, 3.63) is 53.6 Å². The molecule has 0 fully saturated rings. The fraction of sp³-hybridized carbons (Fsp3) is 0.300. The minimum Gasteiger partial charge on any atom is -0.323 e. The Hall–Kier alpha value is -2.27. The molecule has 2 aliphatic rings. The molecule has 1 N–H and O–H groups in total. The van der Waals surface area contributed by atoms with Gasteiger partial charge in [0.15, 0.2) is 0 Å². The zero-order valence-electron chi connectivity index (χ0n) is 14.1. The van der Waals surface area contributed by atoms with Crippen LogP contribution in [0.1, 0.15) is 24.5 Å². The Labute approximate surface area is 151 Å². The minimum absolute atomic E-state index is 0.0344. The van der Waals surface area contributed by atoms with E-state index in [4.69, 9.17) is 0 Å². The maximum Gasteiger partial charge on any atom is 0.244 e. The molecular formula is C20H20N2O2S. The first-order chi connectivity index (χ1) is 12.1. The van der Waals surface area contributed by atoms with Crippen LogP contribution in [0.15, 0.2) is 47.4 Å². The van der Waals surface area contributed by atoms with E-state index in [2.05, 4.69) is 23.5 Å². The highest BCUT2D eigenvalue weighted by molar-refractivity contribution is 8.00. The number of aryl methyl sites for hydroxylation is 2. The molecule has 2 aromatic rings. The third-order valence-electron chi connectivity index (χ3n) is 4.77. The van der Waals surface area contributed by atoms with Crippen LogP contribution < -0.4 is 10.2 Å². The van der Waals surface area contributed by atoms with Crippen LogP contribution in [0, 0.1) is 0 Å². The lowest BCUT2D eigenvalue weighted by Crippen LogP contribution is -2.45. The molecule has 1 heterocycles. The van der Waals surface area contributed by atoms with Crippen molar-refractivity contribution in [2.75, 3.05) is 16.8 Å². The minimum atomic E-state index is -0.251. The summed E-state index contributed by atoms with van der Waals surface area (Å²) in [5, 5.41) is 2.57. The molecule has 4 nitrogen and oxygen atoms in total. The van der Waals surface area contributed by atoms with E-state index in [1.165, 1.54) is 17.5 Å². The molecule has 1 aliphatic carbocycles. The lowest BCUT2D eigenvalue weighted by Gasteiger charge is -2.30. The van der Waals surface area contributed by atoms with Gasteiger partial charge >= 0.3 is 0 Å². The number of nitrogens with one attached hydrogen (secondary N) is 1. The average Bonchev–Trinajstić information content (AvgIpc) is 3.08. The third kappa shape index (κ3) is 3.16. The fourth-order valence-corrected chi connectivity index (χ4v) is 4.52. The molecule has 0 spiro atoms. The monoisotopic (exact) mass is 352 g/mol. The van der Waals surface area contributed by atoms with Crippen molar-refractivity contribution < 1.29 is 9.59 Å². The van der Waals surface area contributed by atoms with Gasteiger partial charge in [0.05, 0.1) is 16.6 Å². The zero-order chi connectivity index (χ0) is 17.4. The smallest absolute Gasteiger partial charge is 0.244 e. The molecule has 0 aromatic heterocycles. The van der Waals surface area contributed by atoms with Crippen molar-refractivity contribution in [1.82, 2.24) is 0 Å². The summed E-state index contributed by atoms with van der Waals surface area (Å²) in [6.45, 7) is 1.99. The summed E-state index contributed by atoms with van der Waals surface area (Å²) in [5.41, 5.74) is 4.31. The van der Waals surface area contributed by atoms with Gasteiger partial charge in [-0.3, -0.25) is 14.5 Å². The molecule has 0 saturated carbocycles. The molecule has 4 rings (SSSR count). The van der Waals surface area contributed by atoms with E-state index in [1.807, 2.05) is 31.2 Å². The number of hydrogen-bond acceptors (Lipinski definition) is 3. The Morgan fingerprint density at radius 1 is 1.16 bits per heavy atom. The van der Waals surface area contributed by atoms with Crippen LogP contribution in [0.2, 0.25) is 0 Å². The number of carbonyl (C=O) groups excluding carboxylic acids is 2. The summed E-state index contributed by atoms with van der Waals surface area (Å²) < 4.78 is 0. The van der Waals surface area contributed by atoms with Crippen LogP contribution in [0.5, 0.6) is 0 Å². The molecule has 1 aliphatic heterocycles. The Kier molecular flexibility index (Phi) is 4.25. The summed E-state index contributed by atoms with van der Waals surface area (Å²) >= 11 is 1.56. The molecule has 25 heavy (non-hydrogen) atoms. The van der Waals surface area contributed by atoms with E-state index in [9.17, 15) is 9.59 Å². The van der Waals surface area contributed by atoms with Gasteiger partial charge in [0.2, 0.25) is 11.8 Å². The summed E-state index contributed by atoms with van der Waals surface area (Å²) in [6.07, 6.45) is 3.51. The van der Waals surface area contributed by atoms with Gasteiger partial charge in [0, 0.05) is 4.90 Å². The fourth-order valence-electron chi connectivity index (χ4n) is 3.53. The van der Waals surface area contributed by atoms with E-state index < -0.39 is 0 Å². The molecule has 0 saturated heterocycles. The van der Waals surface area contributed by atoms with Crippen molar-refractivity contribution in [2.24, 2.45) is 0 Å². The molecule has 0 radical (unpaired) electrons. The molecule has 1 atom stereocenters. The molecule has 0 bridgehead atoms. The normalized spacial score (nSPS) is 16.8. The Bertz CT molecular complexity index is 849. The third-order valence-corrected chi connectivity index (χ3v) is 5.85. The highest BCUT2D eigenvalue weighted by atomic mass is 32.2. The highest BCUT2D eigenvalue weighted by Crippen LogP contribution is 2.33. The van der Waals surface area contributed by atoms with Crippen LogP contribution in [0.25, 0.3) is 0 Å². The average molecular weight is 352 g/mol. The van der Waals surface area contributed by atoms with E-state index in [0.29, 0.717) is 5.69 Å². The van der Waals surface area contributed by atoms with Crippen LogP contribution in [-0.4, -0.2) is 23.6 Å². The lowest BCUT2D eigenvalue weighted by molar-refractivity contribution is -0.121. The predicted octanol–water partition coefficient (Wildman–Crippen LogP) is 3.64. The number of thioether (sulfide) groups is 1. The first-order valence-electron chi connectivity index (χ1n) is 8.60. The van der Waals surface area contributed by atoms with Gasteiger partial charge in [0.1, 0.15) is 6.54 Å². The molecule has 0 unspecified atom stereocenters. The highest BCUT2D eigenvalue weighted by Gasteiger charge is 2.30. The van der Waals surface area contributed by atoms with Gasteiger partial charge in [-0.2, -0.15) is 0 Å². The number of benzene rings is 2. The summed E-state index contributed by atoms with van der Waals surface area (Å²) in [4.78, 5) is 27.6. The van der Waals surface area contributed by atoms with E-state index in [1.54, 1.807) is 16.7 Å². The van der Waals surface area contributed by atoms with Crippen molar-refractivity contribution in [3.8, 4) is 0 Å². The van der Waals surface area contributed by atoms with Crippen LogP contribution in [-0.2, 0) is 22.4 Å². The number of hydrogen-bond donors (Lipinski definition) is 1. The SMILES string of the molecule is C[C@@H](Sc1ccc2c(c1)CCC2)C(=O)N1CC(=O)Nc2ccccc21. The summed E-state index contributed by atoms with van der Waals surface area (Å²) in [5.74, 6) is -0.186. The number of rotatable bonds is 3. The maximum absolute atomic E-state index is 13.0. The molecule has 5 heteroatoms. The maximum atomic E-state index is 13.0. The second-order valence-electron chi connectivity index (χ2n) is 6.53. The van der Waals surface area contributed by atoms with Crippen molar-refractivity contribution >= 4 is 35.0 Å². The van der Waals surface area contributed by atoms with Crippen LogP contribution in [0.3, 0.4) is 0 Å². The van der Waals surface area contributed by atoms with E-state index in [0.717, 1.165) is 23.4 Å². The van der Waals surface area contributed by atoms with Crippen LogP contribution in [0.4, 0.5) is 11.4 Å². The van der Waals surface area contributed by atoms with E-state index >= 15 is 0 Å².